The summed E-state index contributed by atoms with van der Waals surface area (Å²) in [5.74, 6) is -0.481. The predicted molar refractivity (Wildman–Crippen MR) is 158 cm³/mol. The monoisotopic (exact) mass is 595 g/mol. The Balaban J connectivity index is 1.93. The maximum atomic E-state index is 12.9. The van der Waals surface area contributed by atoms with Gasteiger partial charge in [-0.1, -0.05) is 60.2 Å². The number of alkyl carbamates (subject to hydrolysis) is 1. The molecule has 0 aromatic heterocycles. The van der Waals surface area contributed by atoms with Crippen molar-refractivity contribution >= 4 is 22.2 Å². The van der Waals surface area contributed by atoms with Crippen LogP contribution >= 0.6 is 0 Å². The van der Waals surface area contributed by atoms with Gasteiger partial charge in [-0.3, -0.25) is 0 Å². The van der Waals surface area contributed by atoms with E-state index in [2.05, 4.69) is 5.32 Å². The maximum absolute atomic E-state index is 12.9. The van der Waals surface area contributed by atoms with Crippen molar-refractivity contribution in [3.63, 3.8) is 0 Å². The molecule has 2 atom stereocenters. The summed E-state index contributed by atoms with van der Waals surface area (Å²) in [7, 11) is -4.06. The van der Waals surface area contributed by atoms with Gasteiger partial charge in [-0.2, -0.15) is 8.42 Å². The first-order chi connectivity index (χ1) is 19.9. The van der Waals surface area contributed by atoms with Crippen molar-refractivity contribution in [2.75, 3.05) is 6.61 Å². The molecular formula is C32H37NO8S. The second-order valence-electron chi connectivity index (χ2n) is 10.4. The van der Waals surface area contributed by atoms with Gasteiger partial charge in [0, 0.05) is 6.08 Å². The number of nitrogens with one attached hydrogen (secondary N) is 1. The van der Waals surface area contributed by atoms with Crippen LogP contribution in [0.1, 0.15) is 50.4 Å². The van der Waals surface area contributed by atoms with E-state index >= 15 is 0 Å². The molecule has 0 bridgehead atoms. The zero-order valence-electron chi connectivity index (χ0n) is 24.4. The second-order valence-corrected chi connectivity index (χ2v) is 12.0. The molecule has 3 rings (SSSR count). The highest BCUT2D eigenvalue weighted by Gasteiger charge is 2.28. The fraction of sp³-hybridized carbons (Fsp3) is 0.312. The van der Waals surface area contributed by atoms with Crippen molar-refractivity contribution in [3.8, 4) is 5.75 Å². The van der Waals surface area contributed by atoms with E-state index in [1.165, 1.54) is 36.4 Å². The first-order valence-corrected chi connectivity index (χ1v) is 14.9. The number of carbonyl (C=O) groups is 2. The smallest absolute Gasteiger partial charge is 0.408 e. The molecule has 0 aliphatic carbocycles. The standard InChI is InChI=1S/C32H37NO8S/c1-6-38-29(34)21-20-28(39-22-24-10-8-7-9-11-24)30(33-31(35)40-32(3,4)5)25-14-16-26(17-15-25)41-42(36,37)27-18-12-23(2)13-19-27/h7-21,28,30H,6,22H2,1-5H3,(H,33,35)/b21-20+/t28-,30+/m0/s1. The van der Waals surface area contributed by atoms with Gasteiger partial charge in [0.05, 0.1) is 19.3 Å². The zero-order valence-corrected chi connectivity index (χ0v) is 25.2. The lowest BCUT2D eigenvalue weighted by Gasteiger charge is -2.28. The number of esters is 1. The highest BCUT2D eigenvalue weighted by molar-refractivity contribution is 7.87. The molecular weight excluding hydrogens is 558 g/mol. The molecule has 0 radical (unpaired) electrons. The van der Waals surface area contributed by atoms with E-state index in [1.807, 2.05) is 37.3 Å². The van der Waals surface area contributed by atoms with Crippen LogP contribution in [0.4, 0.5) is 4.79 Å². The Labute approximate surface area is 247 Å². The van der Waals surface area contributed by atoms with Crippen LogP contribution in [0.15, 0.2) is 95.9 Å². The number of carbonyl (C=O) groups excluding carboxylic acids is 2. The average molecular weight is 596 g/mol. The molecule has 0 heterocycles. The number of benzene rings is 3. The molecule has 0 fully saturated rings. The summed E-state index contributed by atoms with van der Waals surface area (Å²) in [6, 6.07) is 21.1. The minimum atomic E-state index is -4.06. The van der Waals surface area contributed by atoms with E-state index in [1.54, 1.807) is 52.0 Å². The quantitative estimate of drug-likeness (QED) is 0.153. The van der Waals surface area contributed by atoms with Crippen molar-refractivity contribution in [2.45, 2.75) is 63.9 Å². The van der Waals surface area contributed by atoms with Crippen molar-refractivity contribution < 1.29 is 36.4 Å². The highest BCUT2D eigenvalue weighted by Crippen LogP contribution is 2.27. The highest BCUT2D eigenvalue weighted by atomic mass is 32.2. The van der Waals surface area contributed by atoms with Gasteiger partial charge in [0.2, 0.25) is 0 Å². The van der Waals surface area contributed by atoms with Crippen molar-refractivity contribution in [2.24, 2.45) is 0 Å². The van der Waals surface area contributed by atoms with Gasteiger partial charge >= 0.3 is 22.2 Å². The molecule has 224 valence electrons. The van der Waals surface area contributed by atoms with Crippen LogP contribution in [0.5, 0.6) is 5.75 Å². The van der Waals surface area contributed by atoms with Crippen LogP contribution in [0.2, 0.25) is 0 Å². The van der Waals surface area contributed by atoms with E-state index in [4.69, 9.17) is 18.4 Å². The third-order valence-corrected chi connectivity index (χ3v) is 7.01. The third-order valence-electron chi connectivity index (χ3n) is 5.75. The molecule has 10 heteroatoms. The number of rotatable bonds is 12. The molecule has 1 N–H and O–H groups in total. The molecule has 9 nitrogen and oxygen atoms in total. The molecule has 0 aliphatic rings. The normalized spacial score (nSPS) is 13.3. The zero-order chi connectivity index (χ0) is 30.8. The van der Waals surface area contributed by atoms with E-state index in [0.717, 1.165) is 11.1 Å². The Hall–Kier alpha value is -4.15. The predicted octanol–water partition coefficient (Wildman–Crippen LogP) is 6.03. The Morgan fingerprint density at radius 3 is 2.17 bits per heavy atom. The summed E-state index contributed by atoms with van der Waals surface area (Å²) < 4.78 is 47.6. The van der Waals surface area contributed by atoms with Crippen LogP contribution in [0.3, 0.4) is 0 Å². The van der Waals surface area contributed by atoms with Gasteiger partial charge in [0.15, 0.2) is 0 Å². The Bertz CT molecular complexity index is 1450. The van der Waals surface area contributed by atoms with E-state index in [0.29, 0.717) is 5.56 Å². The fourth-order valence-electron chi connectivity index (χ4n) is 3.79. The van der Waals surface area contributed by atoms with Gasteiger partial charge in [0.25, 0.3) is 0 Å². The van der Waals surface area contributed by atoms with Crippen LogP contribution in [-0.4, -0.2) is 38.8 Å². The van der Waals surface area contributed by atoms with Crippen LogP contribution < -0.4 is 9.50 Å². The first kappa shape index (κ1) is 32.4. The second kappa shape index (κ2) is 14.7. The van der Waals surface area contributed by atoms with Crippen molar-refractivity contribution in [1.29, 1.82) is 0 Å². The SMILES string of the molecule is CCOC(=O)/C=C/[C@H](OCc1ccccc1)[C@H](NC(=O)OC(C)(C)C)c1ccc(OS(=O)(=O)c2ccc(C)cc2)cc1. The molecule has 0 unspecified atom stereocenters. The van der Waals surface area contributed by atoms with E-state index in [-0.39, 0.29) is 23.9 Å². The fourth-order valence-corrected chi connectivity index (χ4v) is 4.72. The molecule has 0 aliphatic heterocycles. The lowest BCUT2D eigenvalue weighted by atomic mass is 10.0. The van der Waals surface area contributed by atoms with E-state index < -0.39 is 39.9 Å². The van der Waals surface area contributed by atoms with Gasteiger partial charge < -0.3 is 23.7 Å². The topological polar surface area (TPSA) is 117 Å². The van der Waals surface area contributed by atoms with Crippen LogP contribution in [0.25, 0.3) is 0 Å². The lowest BCUT2D eigenvalue weighted by molar-refractivity contribution is -0.137. The Morgan fingerprint density at radius 1 is 0.929 bits per heavy atom. The summed E-state index contributed by atoms with van der Waals surface area (Å²) in [5, 5.41) is 2.83. The number of hydrogen-bond acceptors (Lipinski definition) is 8. The molecule has 3 aromatic carbocycles. The molecule has 3 aromatic rings. The first-order valence-electron chi connectivity index (χ1n) is 13.5. The molecule has 0 saturated carbocycles. The number of aryl methyl sites for hydroxylation is 1. The minimum Gasteiger partial charge on any atom is -0.463 e. The average Bonchev–Trinajstić information content (AvgIpc) is 2.92. The molecule has 1 amide bonds. The molecule has 0 saturated heterocycles. The number of ether oxygens (including phenoxy) is 3. The van der Waals surface area contributed by atoms with Gasteiger partial charge in [0.1, 0.15) is 22.4 Å². The lowest BCUT2D eigenvalue weighted by Crippen LogP contribution is -2.40. The third kappa shape index (κ3) is 10.4. The van der Waals surface area contributed by atoms with Crippen LogP contribution in [-0.2, 0) is 35.7 Å². The Kier molecular flexibility index (Phi) is 11.3. The van der Waals surface area contributed by atoms with Crippen LogP contribution in [0, 0.1) is 6.92 Å². The summed E-state index contributed by atoms with van der Waals surface area (Å²) >= 11 is 0. The van der Waals surface area contributed by atoms with Crippen molar-refractivity contribution in [1.82, 2.24) is 5.32 Å². The Morgan fingerprint density at radius 2 is 1.57 bits per heavy atom. The minimum absolute atomic E-state index is 0.0279. The summed E-state index contributed by atoms with van der Waals surface area (Å²) in [6.45, 7) is 9.16. The van der Waals surface area contributed by atoms with E-state index in [9.17, 15) is 18.0 Å². The van der Waals surface area contributed by atoms with Gasteiger partial charge in [-0.15, -0.1) is 0 Å². The summed E-state index contributed by atoms with van der Waals surface area (Å²) in [4.78, 5) is 25.1. The maximum Gasteiger partial charge on any atom is 0.408 e. The number of amides is 1. The molecule has 0 spiro atoms. The summed E-state index contributed by atoms with van der Waals surface area (Å²) in [5.41, 5.74) is 1.58. The van der Waals surface area contributed by atoms with Crippen molar-refractivity contribution in [3.05, 3.63) is 108 Å². The van der Waals surface area contributed by atoms with Gasteiger partial charge in [-0.25, -0.2) is 9.59 Å². The van der Waals surface area contributed by atoms with Gasteiger partial charge in [-0.05, 0) is 76.1 Å². The largest absolute Gasteiger partial charge is 0.463 e. The molecule has 42 heavy (non-hydrogen) atoms. The summed E-state index contributed by atoms with van der Waals surface area (Å²) in [6.07, 6.45) is 1.21. The number of hydrogen-bond donors (Lipinski definition) is 1.